The standard InChI is InChI=1S/C34H35N5O7S/c1-25(40)37-28-10-18-32(19-11-28)47(43,44)39(29-12-16-30(45-2)17-13-29)23-33(41)38-36-22-27-8-14-31(15-9-27)46-24-34(42)35-21-20-26-6-4-3-5-7-26/h3-19,22H,20-21,23-24H2,1-2H3,(H,35,42)(H,37,40)(H,38,41)/b36-22-. The molecule has 4 aromatic rings. The maximum absolute atomic E-state index is 13.6. The Morgan fingerprint density at radius 2 is 1.49 bits per heavy atom. The smallest absolute Gasteiger partial charge is 0.264 e. The summed E-state index contributed by atoms with van der Waals surface area (Å²) in [5.41, 5.74) is 4.79. The Balaban J connectivity index is 1.33. The molecule has 0 spiro atoms. The molecule has 0 aromatic heterocycles. The summed E-state index contributed by atoms with van der Waals surface area (Å²) >= 11 is 0. The Hall–Kier alpha value is -5.69. The second-order valence-corrected chi connectivity index (χ2v) is 12.0. The van der Waals surface area contributed by atoms with Crippen LogP contribution in [0.4, 0.5) is 11.4 Å². The van der Waals surface area contributed by atoms with Gasteiger partial charge in [0.05, 0.1) is 23.9 Å². The summed E-state index contributed by atoms with van der Waals surface area (Å²) in [4.78, 5) is 36.3. The van der Waals surface area contributed by atoms with Crippen molar-refractivity contribution in [3.8, 4) is 11.5 Å². The minimum absolute atomic E-state index is 0.0781. The maximum atomic E-state index is 13.6. The predicted octanol–water partition coefficient (Wildman–Crippen LogP) is 3.74. The second-order valence-electron chi connectivity index (χ2n) is 10.2. The molecule has 0 aliphatic carbocycles. The van der Waals surface area contributed by atoms with Gasteiger partial charge in [0, 0.05) is 19.2 Å². The zero-order chi connectivity index (χ0) is 33.6. The highest BCUT2D eigenvalue weighted by molar-refractivity contribution is 7.92. The summed E-state index contributed by atoms with van der Waals surface area (Å²) in [5, 5.41) is 9.37. The normalized spacial score (nSPS) is 11.0. The molecule has 0 bridgehead atoms. The van der Waals surface area contributed by atoms with Crippen LogP contribution >= 0.6 is 0 Å². The Bertz CT molecular complexity index is 1780. The molecule has 0 aliphatic heterocycles. The van der Waals surface area contributed by atoms with Gasteiger partial charge in [0.1, 0.15) is 18.0 Å². The number of rotatable bonds is 15. The van der Waals surface area contributed by atoms with E-state index in [1.54, 1.807) is 36.4 Å². The molecule has 0 unspecified atom stereocenters. The maximum Gasteiger partial charge on any atom is 0.264 e. The number of anilines is 2. The highest BCUT2D eigenvalue weighted by atomic mass is 32.2. The molecule has 47 heavy (non-hydrogen) atoms. The number of ether oxygens (including phenoxy) is 2. The third-order valence-electron chi connectivity index (χ3n) is 6.64. The van der Waals surface area contributed by atoms with Crippen molar-refractivity contribution < 1.29 is 32.3 Å². The summed E-state index contributed by atoms with van der Waals surface area (Å²) in [5.74, 6) is -0.222. The quantitative estimate of drug-likeness (QED) is 0.130. The van der Waals surface area contributed by atoms with E-state index < -0.39 is 22.5 Å². The molecule has 0 saturated heterocycles. The van der Waals surface area contributed by atoms with Crippen LogP contribution < -0.4 is 29.8 Å². The zero-order valence-electron chi connectivity index (χ0n) is 25.9. The number of hydrogen-bond acceptors (Lipinski definition) is 8. The Kier molecular flexibility index (Phi) is 12.1. The van der Waals surface area contributed by atoms with Crippen LogP contribution in [0.3, 0.4) is 0 Å². The van der Waals surface area contributed by atoms with Crippen molar-refractivity contribution in [2.24, 2.45) is 5.10 Å². The number of carbonyl (C=O) groups is 3. The van der Waals surface area contributed by atoms with E-state index in [-0.39, 0.29) is 29.0 Å². The number of amides is 3. The number of hydrazone groups is 1. The third kappa shape index (κ3) is 10.4. The van der Waals surface area contributed by atoms with E-state index in [9.17, 15) is 22.8 Å². The summed E-state index contributed by atoms with van der Waals surface area (Å²) in [6.45, 7) is 1.15. The number of hydrogen-bond donors (Lipinski definition) is 3. The molecule has 0 saturated carbocycles. The van der Waals surface area contributed by atoms with Gasteiger partial charge in [-0.3, -0.25) is 18.7 Å². The molecule has 0 fully saturated rings. The molecule has 4 rings (SSSR count). The minimum atomic E-state index is -4.20. The van der Waals surface area contributed by atoms with Crippen LogP contribution in [-0.4, -0.2) is 59.2 Å². The molecule has 12 nitrogen and oxygen atoms in total. The molecule has 3 N–H and O–H groups in total. The zero-order valence-corrected chi connectivity index (χ0v) is 26.7. The molecule has 3 amide bonds. The van der Waals surface area contributed by atoms with E-state index in [4.69, 9.17) is 9.47 Å². The fourth-order valence-electron chi connectivity index (χ4n) is 4.29. The first-order chi connectivity index (χ1) is 22.6. The second kappa shape index (κ2) is 16.6. The van der Waals surface area contributed by atoms with Crippen molar-refractivity contribution >= 4 is 45.3 Å². The van der Waals surface area contributed by atoms with Crippen molar-refractivity contribution in [3.63, 3.8) is 0 Å². The molecule has 0 aliphatic rings. The summed E-state index contributed by atoms with van der Waals surface area (Å²) in [6, 6.07) is 28.4. The molecular weight excluding hydrogens is 622 g/mol. The molecule has 0 atom stereocenters. The highest BCUT2D eigenvalue weighted by Crippen LogP contribution is 2.26. The van der Waals surface area contributed by atoms with Crippen LogP contribution in [0.2, 0.25) is 0 Å². The summed E-state index contributed by atoms with van der Waals surface area (Å²) in [7, 11) is -2.72. The number of sulfonamides is 1. The largest absolute Gasteiger partial charge is 0.497 e. The first-order valence-corrected chi connectivity index (χ1v) is 16.0. The van der Waals surface area contributed by atoms with E-state index in [1.165, 1.54) is 56.6 Å². The van der Waals surface area contributed by atoms with Gasteiger partial charge in [0.15, 0.2) is 6.61 Å². The van der Waals surface area contributed by atoms with Gasteiger partial charge in [-0.05, 0) is 90.3 Å². The molecular formula is C34H35N5O7S. The van der Waals surface area contributed by atoms with Gasteiger partial charge in [0.25, 0.3) is 21.8 Å². The Morgan fingerprint density at radius 1 is 0.830 bits per heavy atom. The van der Waals surface area contributed by atoms with Crippen LogP contribution in [0.25, 0.3) is 0 Å². The lowest BCUT2D eigenvalue weighted by Gasteiger charge is -2.24. The van der Waals surface area contributed by atoms with Crippen molar-refractivity contribution in [1.29, 1.82) is 0 Å². The minimum Gasteiger partial charge on any atom is -0.497 e. The van der Waals surface area contributed by atoms with Gasteiger partial charge >= 0.3 is 0 Å². The lowest BCUT2D eigenvalue weighted by Crippen LogP contribution is -2.39. The number of benzene rings is 4. The molecule has 4 aromatic carbocycles. The van der Waals surface area contributed by atoms with Crippen LogP contribution in [0, 0.1) is 0 Å². The molecule has 0 heterocycles. The Labute approximate surface area is 273 Å². The van der Waals surface area contributed by atoms with E-state index in [0.717, 1.165) is 16.3 Å². The number of carbonyl (C=O) groups excluding carboxylic acids is 3. The van der Waals surface area contributed by atoms with E-state index in [2.05, 4.69) is 21.2 Å². The van der Waals surface area contributed by atoms with Gasteiger partial charge < -0.3 is 20.1 Å². The highest BCUT2D eigenvalue weighted by Gasteiger charge is 2.27. The van der Waals surface area contributed by atoms with Crippen molar-refractivity contribution in [2.75, 3.05) is 36.4 Å². The van der Waals surface area contributed by atoms with Gasteiger partial charge in [-0.25, -0.2) is 13.8 Å². The average molecular weight is 658 g/mol. The summed E-state index contributed by atoms with van der Waals surface area (Å²) in [6.07, 6.45) is 2.12. The topological polar surface area (TPSA) is 155 Å². The predicted molar refractivity (Wildman–Crippen MR) is 179 cm³/mol. The fraction of sp³-hybridized carbons (Fsp3) is 0.176. The third-order valence-corrected chi connectivity index (χ3v) is 8.43. The SMILES string of the molecule is COc1ccc(N(CC(=O)N/N=C\c2ccc(OCC(=O)NCCc3ccccc3)cc2)S(=O)(=O)c2ccc(NC(C)=O)cc2)cc1. The number of methoxy groups -OCH3 is 1. The number of nitrogens with zero attached hydrogens (tertiary/aromatic N) is 2. The first kappa shape index (κ1) is 34.2. The lowest BCUT2D eigenvalue weighted by molar-refractivity contribution is -0.123. The monoisotopic (exact) mass is 657 g/mol. The lowest BCUT2D eigenvalue weighted by atomic mass is 10.1. The van der Waals surface area contributed by atoms with Crippen molar-refractivity contribution in [2.45, 2.75) is 18.2 Å². The van der Waals surface area contributed by atoms with Gasteiger partial charge in [0.2, 0.25) is 5.91 Å². The van der Waals surface area contributed by atoms with Crippen LogP contribution in [-0.2, 0) is 30.8 Å². The van der Waals surface area contributed by atoms with E-state index in [1.807, 2.05) is 30.3 Å². The van der Waals surface area contributed by atoms with E-state index >= 15 is 0 Å². The van der Waals surface area contributed by atoms with Gasteiger partial charge in [-0.2, -0.15) is 5.10 Å². The van der Waals surface area contributed by atoms with Crippen LogP contribution in [0.15, 0.2) is 113 Å². The van der Waals surface area contributed by atoms with Gasteiger partial charge in [-0.15, -0.1) is 0 Å². The van der Waals surface area contributed by atoms with Gasteiger partial charge in [-0.1, -0.05) is 30.3 Å². The van der Waals surface area contributed by atoms with Crippen LogP contribution in [0.1, 0.15) is 18.1 Å². The van der Waals surface area contributed by atoms with Crippen molar-refractivity contribution in [3.05, 3.63) is 114 Å². The first-order valence-electron chi connectivity index (χ1n) is 14.5. The average Bonchev–Trinajstić information content (AvgIpc) is 3.07. The Morgan fingerprint density at radius 3 is 2.13 bits per heavy atom. The van der Waals surface area contributed by atoms with E-state index in [0.29, 0.717) is 29.3 Å². The molecule has 0 radical (unpaired) electrons. The molecule has 244 valence electrons. The van der Waals surface area contributed by atoms with Crippen molar-refractivity contribution in [1.82, 2.24) is 10.7 Å². The summed E-state index contributed by atoms with van der Waals surface area (Å²) < 4.78 is 39.0. The number of nitrogens with one attached hydrogen (secondary N) is 3. The molecule has 13 heteroatoms. The fourth-order valence-corrected chi connectivity index (χ4v) is 5.71. The van der Waals surface area contributed by atoms with Crippen LogP contribution in [0.5, 0.6) is 11.5 Å².